The smallest absolute Gasteiger partial charge is 0.162 e. The first-order chi connectivity index (χ1) is 11.9. The molecule has 24 heavy (non-hydrogen) atoms. The fourth-order valence-corrected chi connectivity index (χ4v) is 2.59. The SMILES string of the molecule is c1ccc(-c2ccc(-c3cccc(-c4ncncn4)c3)cc2)nc1. The molecule has 4 rings (SSSR count). The van der Waals surface area contributed by atoms with Crippen LogP contribution in [0.2, 0.25) is 0 Å². The molecule has 4 aromatic rings. The van der Waals surface area contributed by atoms with Gasteiger partial charge in [-0.15, -0.1) is 0 Å². The fourth-order valence-electron chi connectivity index (χ4n) is 2.59. The number of hydrogen-bond acceptors (Lipinski definition) is 4. The summed E-state index contributed by atoms with van der Waals surface area (Å²) in [5, 5.41) is 0. The summed E-state index contributed by atoms with van der Waals surface area (Å²) in [5.41, 5.74) is 5.32. The van der Waals surface area contributed by atoms with E-state index in [-0.39, 0.29) is 0 Å². The Bertz CT molecular complexity index is 936. The molecule has 0 aliphatic heterocycles. The highest BCUT2D eigenvalue weighted by atomic mass is 15.0. The zero-order valence-corrected chi connectivity index (χ0v) is 12.9. The van der Waals surface area contributed by atoms with E-state index in [0.717, 1.165) is 27.9 Å². The van der Waals surface area contributed by atoms with Crippen molar-refractivity contribution in [3.05, 3.63) is 85.6 Å². The third-order valence-electron chi connectivity index (χ3n) is 3.79. The van der Waals surface area contributed by atoms with Crippen molar-refractivity contribution >= 4 is 0 Å². The van der Waals surface area contributed by atoms with Gasteiger partial charge in [-0.3, -0.25) is 4.98 Å². The summed E-state index contributed by atoms with van der Waals surface area (Å²) < 4.78 is 0. The van der Waals surface area contributed by atoms with Crippen molar-refractivity contribution in [1.29, 1.82) is 0 Å². The first kappa shape index (κ1) is 14.2. The molecule has 4 nitrogen and oxygen atoms in total. The normalized spacial score (nSPS) is 10.5. The Morgan fingerprint density at radius 2 is 1.29 bits per heavy atom. The molecule has 2 heterocycles. The van der Waals surface area contributed by atoms with Gasteiger partial charge in [-0.2, -0.15) is 0 Å². The van der Waals surface area contributed by atoms with Crippen molar-refractivity contribution in [2.75, 3.05) is 0 Å². The molecule has 0 spiro atoms. The number of aromatic nitrogens is 4. The summed E-state index contributed by atoms with van der Waals surface area (Å²) in [7, 11) is 0. The highest BCUT2D eigenvalue weighted by molar-refractivity contribution is 5.72. The molecule has 0 fully saturated rings. The van der Waals surface area contributed by atoms with E-state index in [9.17, 15) is 0 Å². The van der Waals surface area contributed by atoms with Crippen LogP contribution >= 0.6 is 0 Å². The fraction of sp³-hybridized carbons (Fsp3) is 0. The number of pyridine rings is 1. The highest BCUT2D eigenvalue weighted by Gasteiger charge is 2.04. The molecule has 0 saturated carbocycles. The Balaban J connectivity index is 1.67. The third kappa shape index (κ3) is 2.90. The lowest BCUT2D eigenvalue weighted by molar-refractivity contribution is 1.06. The van der Waals surface area contributed by atoms with Gasteiger partial charge in [0.15, 0.2) is 5.82 Å². The minimum Gasteiger partial charge on any atom is -0.256 e. The van der Waals surface area contributed by atoms with Crippen molar-refractivity contribution in [3.8, 4) is 33.8 Å². The number of rotatable bonds is 3. The molecular weight excluding hydrogens is 296 g/mol. The monoisotopic (exact) mass is 310 g/mol. The first-order valence-electron chi connectivity index (χ1n) is 7.64. The first-order valence-corrected chi connectivity index (χ1v) is 7.64. The molecule has 0 radical (unpaired) electrons. The van der Waals surface area contributed by atoms with Crippen LogP contribution in [0.25, 0.3) is 33.8 Å². The van der Waals surface area contributed by atoms with Crippen LogP contribution in [0.3, 0.4) is 0 Å². The maximum atomic E-state index is 4.38. The van der Waals surface area contributed by atoms with E-state index in [4.69, 9.17) is 0 Å². The van der Waals surface area contributed by atoms with Crippen LogP contribution in [-0.2, 0) is 0 Å². The zero-order chi connectivity index (χ0) is 16.2. The average Bonchev–Trinajstić information content (AvgIpc) is 2.70. The van der Waals surface area contributed by atoms with Gasteiger partial charge in [0.25, 0.3) is 0 Å². The van der Waals surface area contributed by atoms with Crippen molar-refractivity contribution in [2.24, 2.45) is 0 Å². The summed E-state index contributed by atoms with van der Waals surface area (Å²) >= 11 is 0. The van der Waals surface area contributed by atoms with Crippen LogP contribution in [0.5, 0.6) is 0 Å². The Hall–Kier alpha value is -3.40. The van der Waals surface area contributed by atoms with Crippen molar-refractivity contribution in [1.82, 2.24) is 19.9 Å². The van der Waals surface area contributed by atoms with Crippen molar-refractivity contribution < 1.29 is 0 Å². The lowest BCUT2D eigenvalue weighted by atomic mass is 10.0. The largest absolute Gasteiger partial charge is 0.256 e. The van der Waals surface area contributed by atoms with Gasteiger partial charge in [0.2, 0.25) is 0 Å². The molecule has 0 aliphatic carbocycles. The molecular formula is C20H14N4. The van der Waals surface area contributed by atoms with Gasteiger partial charge in [0.05, 0.1) is 5.69 Å². The van der Waals surface area contributed by atoms with Gasteiger partial charge >= 0.3 is 0 Å². The topological polar surface area (TPSA) is 51.6 Å². The molecule has 0 bridgehead atoms. The zero-order valence-electron chi connectivity index (χ0n) is 12.9. The standard InChI is InChI=1S/C20H14N4/c1-2-11-22-19(6-1)16-9-7-15(8-10-16)17-4-3-5-18(12-17)20-23-13-21-14-24-20/h1-14H. The van der Waals surface area contributed by atoms with Gasteiger partial charge in [-0.1, -0.05) is 48.5 Å². The van der Waals surface area contributed by atoms with Gasteiger partial charge in [0, 0.05) is 17.3 Å². The van der Waals surface area contributed by atoms with E-state index in [1.807, 2.05) is 30.3 Å². The second-order valence-corrected chi connectivity index (χ2v) is 5.33. The molecule has 0 atom stereocenters. The minimum absolute atomic E-state index is 0.678. The van der Waals surface area contributed by atoms with Crippen LogP contribution in [0.15, 0.2) is 85.6 Å². The minimum atomic E-state index is 0.678. The molecule has 0 unspecified atom stereocenters. The van der Waals surface area contributed by atoms with Gasteiger partial charge in [-0.25, -0.2) is 15.0 Å². The quantitative estimate of drug-likeness (QED) is 0.567. The summed E-state index contributed by atoms with van der Waals surface area (Å²) in [4.78, 5) is 16.7. The Morgan fingerprint density at radius 3 is 2.04 bits per heavy atom. The molecule has 0 N–H and O–H groups in total. The molecule has 0 aliphatic rings. The summed E-state index contributed by atoms with van der Waals surface area (Å²) in [6.07, 6.45) is 4.83. The van der Waals surface area contributed by atoms with Gasteiger partial charge < -0.3 is 0 Å². The molecule has 114 valence electrons. The van der Waals surface area contributed by atoms with Crippen LogP contribution in [0.4, 0.5) is 0 Å². The van der Waals surface area contributed by atoms with Crippen LogP contribution in [0, 0.1) is 0 Å². The summed E-state index contributed by atoms with van der Waals surface area (Å²) in [6.45, 7) is 0. The molecule has 4 heteroatoms. The predicted octanol–water partition coefficient (Wildman–Crippen LogP) is 4.27. The van der Waals surface area contributed by atoms with Crippen LogP contribution < -0.4 is 0 Å². The number of hydrogen-bond donors (Lipinski definition) is 0. The average molecular weight is 310 g/mol. The maximum absolute atomic E-state index is 4.38. The van der Waals surface area contributed by atoms with E-state index in [0.29, 0.717) is 5.82 Å². The van der Waals surface area contributed by atoms with E-state index in [1.165, 1.54) is 12.7 Å². The highest BCUT2D eigenvalue weighted by Crippen LogP contribution is 2.26. The lowest BCUT2D eigenvalue weighted by Crippen LogP contribution is -1.89. The Kier molecular flexibility index (Phi) is 3.78. The second kappa shape index (κ2) is 6.38. The molecule has 0 amide bonds. The van der Waals surface area contributed by atoms with E-state index in [1.54, 1.807) is 6.20 Å². The summed E-state index contributed by atoms with van der Waals surface area (Å²) in [5.74, 6) is 0.678. The van der Waals surface area contributed by atoms with E-state index < -0.39 is 0 Å². The second-order valence-electron chi connectivity index (χ2n) is 5.33. The predicted molar refractivity (Wildman–Crippen MR) is 93.9 cm³/mol. The summed E-state index contributed by atoms with van der Waals surface area (Å²) in [6, 6.07) is 22.5. The van der Waals surface area contributed by atoms with Crippen molar-refractivity contribution in [2.45, 2.75) is 0 Å². The van der Waals surface area contributed by atoms with Crippen LogP contribution in [-0.4, -0.2) is 19.9 Å². The van der Waals surface area contributed by atoms with E-state index >= 15 is 0 Å². The molecule has 2 aromatic carbocycles. The number of nitrogens with zero attached hydrogens (tertiary/aromatic N) is 4. The molecule has 2 aromatic heterocycles. The third-order valence-corrected chi connectivity index (χ3v) is 3.79. The Morgan fingerprint density at radius 1 is 0.542 bits per heavy atom. The molecule has 0 saturated heterocycles. The Labute approximate surface area is 139 Å². The van der Waals surface area contributed by atoms with Gasteiger partial charge in [0.1, 0.15) is 12.7 Å². The maximum Gasteiger partial charge on any atom is 0.162 e. The number of benzene rings is 2. The van der Waals surface area contributed by atoms with E-state index in [2.05, 4.69) is 56.3 Å². The lowest BCUT2D eigenvalue weighted by Gasteiger charge is -2.06. The van der Waals surface area contributed by atoms with Crippen molar-refractivity contribution in [3.63, 3.8) is 0 Å². The van der Waals surface area contributed by atoms with Gasteiger partial charge in [-0.05, 0) is 29.3 Å². The van der Waals surface area contributed by atoms with Crippen LogP contribution in [0.1, 0.15) is 0 Å².